The van der Waals surface area contributed by atoms with Crippen molar-refractivity contribution in [3.05, 3.63) is 12.4 Å². The molecule has 2 amide bonds. The summed E-state index contributed by atoms with van der Waals surface area (Å²) in [6, 6.07) is 2.63. The number of carbonyl (C=O) groups is 2. The minimum absolute atomic E-state index is 0.202. The van der Waals surface area contributed by atoms with Crippen LogP contribution in [0.2, 0.25) is 0 Å². The van der Waals surface area contributed by atoms with Gasteiger partial charge in [-0.1, -0.05) is 0 Å². The molecule has 9 heteroatoms. The quantitative estimate of drug-likeness (QED) is 0.700. The number of carbonyl (C=O) groups excluding carboxylic acids is 2. The zero-order valence-electron chi connectivity index (χ0n) is 20.3. The summed E-state index contributed by atoms with van der Waals surface area (Å²) < 4.78 is 5.43. The molecule has 3 heterocycles. The molecule has 1 aliphatic carbocycles. The molecule has 2 saturated heterocycles. The van der Waals surface area contributed by atoms with E-state index in [1.54, 1.807) is 11.2 Å². The average Bonchev–Trinajstić information content (AvgIpc) is 3.61. The van der Waals surface area contributed by atoms with Gasteiger partial charge in [-0.25, -0.2) is 14.8 Å². The lowest BCUT2D eigenvalue weighted by atomic mass is 9.92. The van der Waals surface area contributed by atoms with Crippen molar-refractivity contribution < 1.29 is 14.3 Å². The van der Waals surface area contributed by atoms with Gasteiger partial charge in [0.25, 0.3) is 0 Å². The molecule has 0 unspecified atom stereocenters. The number of ether oxygens (including phenoxy) is 1. The van der Waals surface area contributed by atoms with Crippen LogP contribution in [0.4, 0.5) is 16.4 Å². The standard InChI is InChI=1S/C24H38N6O3/c1-24(2,3)33-23(32)30-14-12-29(13-15-30)22(31)7-4-18-8-10-28(11-9-18)21-16-20(25-17-26-21)27-19-5-6-19/h16-19H,4-15H2,1-3H3,(H,25,26,27). The Morgan fingerprint density at radius 3 is 2.30 bits per heavy atom. The highest BCUT2D eigenvalue weighted by Gasteiger charge is 2.28. The smallest absolute Gasteiger partial charge is 0.410 e. The average molecular weight is 459 g/mol. The minimum Gasteiger partial charge on any atom is -0.444 e. The van der Waals surface area contributed by atoms with Crippen molar-refractivity contribution in [2.45, 2.75) is 70.9 Å². The first-order chi connectivity index (χ1) is 15.8. The molecule has 1 aromatic rings. The first-order valence-corrected chi connectivity index (χ1v) is 12.4. The van der Waals surface area contributed by atoms with Crippen LogP contribution in [-0.4, -0.2) is 82.7 Å². The Bertz CT molecular complexity index is 822. The Morgan fingerprint density at radius 1 is 1.00 bits per heavy atom. The second-order valence-electron chi connectivity index (χ2n) is 10.5. The summed E-state index contributed by atoms with van der Waals surface area (Å²) in [6.45, 7) is 9.78. The fourth-order valence-corrected chi connectivity index (χ4v) is 4.44. The van der Waals surface area contributed by atoms with Gasteiger partial charge in [-0.15, -0.1) is 0 Å². The van der Waals surface area contributed by atoms with E-state index < -0.39 is 5.60 Å². The molecule has 182 valence electrons. The molecule has 2 aliphatic heterocycles. The van der Waals surface area contributed by atoms with E-state index in [0.717, 1.165) is 44.0 Å². The highest BCUT2D eigenvalue weighted by atomic mass is 16.6. The highest BCUT2D eigenvalue weighted by molar-refractivity contribution is 5.76. The first-order valence-electron chi connectivity index (χ1n) is 12.4. The number of anilines is 2. The van der Waals surface area contributed by atoms with Gasteiger partial charge < -0.3 is 24.8 Å². The van der Waals surface area contributed by atoms with Crippen molar-refractivity contribution >= 4 is 23.6 Å². The lowest BCUT2D eigenvalue weighted by molar-refractivity contribution is -0.133. The maximum Gasteiger partial charge on any atom is 0.410 e. The van der Waals surface area contributed by atoms with Gasteiger partial charge in [0.05, 0.1) is 0 Å². The van der Waals surface area contributed by atoms with Crippen LogP contribution < -0.4 is 10.2 Å². The van der Waals surface area contributed by atoms with Crippen LogP contribution in [0.25, 0.3) is 0 Å². The Morgan fingerprint density at radius 2 is 1.67 bits per heavy atom. The summed E-state index contributed by atoms with van der Waals surface area (Å²) in [6.07, 6.45) is 7.47. The van der Waals surface area contributed by atoms with Crippen LogP contribution in [0.1, 0.15) is 59.3 Å². The fourth-order valence-electron chi connectivity index (χ4n) is 4.44. The predicted molar refractivity (Wildman–Crippen MR) is 127 cm³/mol. The van der Waals surface area contributed by atoms with E-state index in [1.807, 2.05) is 25.7 Å². The summed E-state index contributed by atoms with van der Waals surface area (Å²) >= 11 is 0. The van der Waals surface area contributed by atoms with Gasteiger partial charge in [0, 0.05) is 57.8 Å². The van der Waals surface area contributed by atoms with Gasteiger partial charge >= 0.3 is 6.09 Å². The largest absolute Gasteiger partial charge is 0.444 e. The molecule has 3 aliphatic rings. The van der Waals surface area contributed by atoms with Crippen LogP contribution in [0.15, 0.2) is 12.4 Å². The fraction of sp³-hybridized carbons (Fsp3) is 0.750. The number of aromatic nitrogens is 2. The van der Waals surface area contributed by atoms with Gasteiger partial charge in [0.15, 0.2) is 0 Å². The number of nitrogens with one attached hydrogen (secondary N) is 1. The predicted octanol–water partition coefficient (Wildman–Crippen LogP) is 3.13. The molecule has 0 radical (unpaired) electrons. The van der Waals surface area contributed by atoms with Gasteiger partial charge in [-0.2, -0.15) is 0 Å². The Balaban J connectivity index is 1.15. The lowest BCUT2D eigenvalue weighted by Gasteiger charge is -2.36. The molecular weight excluding hydrogens is 420 g/mol. The number of piperazine rings is 1. The molecule has 1 saturated carbocycles. The van der Waals surface area contributed by atoms with E-state index in [4.69, 9.17) is 4.74 Å². The molecule has 0 spiro atoms. The Labute approximate surface area is 196 Å². The van der Waals surface area contributed by atoms with Crippen LogP contribution in [0.5, 0.6) is 0 Å². The number of hydrogen-bond donors (Lipinski definition) is 1. The molecule has 0 atom stereocenters. The van der Waals surface area contributed by atoms with E-state index >= 15 is 0 Å². The third-order valence-electron chi connectivity index (χ3n) is 6.57. The van der Waals surface area contributed by atoms with E-state index in [-0.39, 0.29) is 12.0 Å². The zero-order chi connectivity index (χ0) is 23.4. The second kappa shape index (κ2) is 10.1. The van der Waals surface area contributed by atoms with Crippen molar-refractivity contribution in [3.63, 3.8) is 0 Å². The Kier molecular flexibility index (Phi) is 7.24. The van der Waals surface area contributed by atoms with Gasteiger partial charge in [0.2, 0.25) is 5.91 Å². The summed E-state index contributed by atoms with van der Waals surface area (Å²) in [5.41, 5.74) is -0.497. The van der Waals surface area contributed by atoms with Crippen molar-refractivity contribution in [1.29, 1.82) is 0 Å². The number of amides is 2. The summed E-state index contributed by atoms with van der Waals surface area (Å²) in [5.74, 6) is 2.68. The number of hydrogen-bond acceptors (Lipinski definition) is 7. The van der Waals surface area contributed by atoms with E-state index in [2.05, 4.69) is 26.3 Å². The number of rotatable bonds is 6. The van der Waals surface area contributed by atoms with Gasteiger partial charge in [-0.3, -0.25) is 4.79 Å². The monoisotopic (exact) mass is 458 g/mol. The molecule has 0 bridgehead atoms. The van der Waals surface area contributed by atoms with Crippen LogP contribution in [-0.2, 0) is 9.53 Å². The minimum atomic E-state index is -0.497. The van der Waals surface area contributed by atoms with Crippen molar-refractivity contribution in [3.8, 4) is 0 Å². The third kappa shape index (κ3) is 6.95. The molecular formula is C24H38N6O3. The molecule has 3 fully saturated rings. The highest BCUT2D eigenvalue weighted by Crippen LogP contribution is 2.28. The normalized spacial score (nSPS) is 20.0. The van der Waals surface area contributed by atoms with E-state index in [1.165, 1.54) is 12.8 Å². The molecule has 1 N–H and O–H groups in total. The summed E-state index contributed by atoms with van der Waals surface area (Å²) in [4.78, 5) is 39.6. The van der Waals surface area contributed by atoms with Gasteiger partial charge in [-0.05, 0) is 58.8 Å². The van der Waals surface area contributed by atoms with Crippen molar-refractivity contribution in [1.82, 2.24) is 19.8 Å². The second-order valence-corrected chi connectivity index (χ2v) is 10.5. The SMILES string of the molecule is CC(C)(C)OC(=O)N1CCN(C(=O)CCC2CCN(c3cc(NC4CC4)ncn3)CC2)CC1. The lowest BCUT2D eigenvalue weighted by Crippen LogP contribution is -2.51. The van der Waals surface area contributed by atoms with E-state index in [0.29, 0.717) is 44.6 Å². The molecule has 0 aromatic carbocycles. The van der Waals surface area contributed by atoms with Crippen molar-refractivity contribution in [2.24, 2.45) is 5.92 Å². The molecule has 4 rings (SSSR count). The molecule has 1 aromatic heterocycles. The van der Waals surface area contributed by atoms with Crippen molar-refractivity contribution in [2.75, 3.05) is 49.5 Å². The maximum absolute atomic E-state index is 12.7. The molecule has 33 heavy (non-hydrogen) atoms. The number of nitrogens with zero attached hydrogens (tertiary/aromatic N) is 5. The third-order valence-corrected chi connectivity index (χ3v) is 6.57. The summed E-state index contributed by atoms with van der Waals surface area (Å²) in [5, 5.41) is 3.44. The first kappa shape index (κ1) is 23.6. The van der Waals surface area contributed by atoms with Crippen LogP contribution in [0.3, 0.4) is 0 Å². The zero-order valence-corrected chi connectivity index (χ0v) is 20.3. The van der Waals surface area contributed by atoms with Crippen LogP contribution >= 0.6 is 0 Å². The molecule has 9 nitrogen and oxygen atoms in total. The summed E-state index contributed by atoms with van der Waals surface area (Å²) in [7, 11) is 0. The topological polar surface area (TPSA) is 90.9 Å². The Hall–Kier alpha value is -2.58. The number of piperidine rings is 1. The van der Waals surface area contributed by atoms with Crippen LogP contribution in [0, 0.1) is 5.92 Å². The van der Waals surface area contributed by atoms with E-state index in [9.17, 15) is 9.59 Å². The maximum atomic E-state index is 12.7. The van der Waals surface area contributed by atoms with Gasteiger partial charge in [0.1, 0.15) is 23.6 Å².